The van der Waals surface area contributed by atoms with Crippen molar-refractivity contribution in [1.82, 2.24) is 15.1 Å². The van der Waals surface area contributed by atoms with Crippen LogP contribution >= 0.6 is 34.7 Å². The van der Waals surface area contributed by atoms with Gasteiger partial charge in [0.2, 0.25) is 5.91 Å². The van der Waals surface area contributed by atoms with Crippen LogP contribution in [0.15, 0.2) is 34.1 Å². The normalized spacial score (nSPS) is 10.4. The summed E-state index contributed by atoms with van der Waals surface area (Å²) in [5, 5.41) is 8.28. The molecule has 0 saturated heterocycles. The van der Waals surface area contributed by atoms with E-state index in [2.05, 4.69) is 10.2 Å². The Bertz CT molecular complexity index is 563. The number of carbonyl (C=O) groups excluding carboxylic acids is 1. The van der Waals surface area contributed by atoms with Gasteiger partial charge in [-0.15, -0.1) is 10.2 Å². The molecule has 2 aromatic rings. The first-order valence-corrected chi connectivity index (χ1v) is 8.41. The van der Waals surface area contributed by atoms with Gasteiger partial charge in [-0.05, 0) is 24.3 Å². The average molecular weight is 344 g/mol. The van der Waals surface area contributed by atoms with Gasteiger partial charge in [-0.25, -0.2) is 0 Å². The van der Waals surface area contributed by atoms with Crippen molar-refractivity contribution < 1.29 is 9.53 Å². The Kier molecular flexibility index (Phi) is 6.28. The topological polar surface area (TPSA) is 55.3 Å². The van der Waals surface area contributed by atoms with Gasteiger partial charge in [-0.1, -0.05) is 34.7 Å². The predicted octanol–water partition coefficient (Wildman–Crippen LogP) is 2.82. The second-order valence-corrected chi connectivity index (χ2v) is 6.60. The fraction of sp³-hybridized carbons (Fsp3) is 0.308. The number of benzene rings is 1. The van der Waals surface area contributed by atoms with Crippen LogP contribution in [0, 0.1) is 0 Å². The van der Waals surface area contributed by atoms with Crippen molar-refractivity contribution in [2.45, 2.75) is 4.34 Å². The second-order valence-electron chi connectivity index (χ2n) is 4.11. The molecule has 0 radical (unpaired) electrons. The Morgan fingerprint density at radius 2 is 2.19 bits per heavy atom. The van der Waals surface area contributed by atoms with Gasteiger partial charge in [0.05, 0.1) is 12.3 Å². The molecule has 0 aliphatic carbocycles. The van der Waals surface area contributed by atoms with Crippen LogP contribution in [0.25, 0.3) is 0 Å². The molecule has 21 heavy (non-hydrogen) atoms. The summed E-state index contributed by atoms with van der Waals surface area (Å²) < 4.78 is 6.35. The summed E-state index contributed by atoms with van der Waals surface area (Å²) in [6, 6.07) is 7.14. The fourth-order valence-electron chi connectivity index (χ4n) is 1.42. The minimum absolute atomic E-state index is 0.0370. The summed E-state index contributed by atoms with van der Waals surface area (Å²) in [4.78, 5) is 13.6. The molecule has 1 aromatic carbocycles. The molecular formula is C13H14ClN3O2S2. The highest BCUT2D eigenvalue weighted by Gasteiger charge is 2.10. The van der Waals surface area contributed by atoms with E-state index in [0.29, 0.717) is 23.9 Å². The van der Waals surface area contributed by atoms with E-state index in [1.54, 1.807) is 41.7 Å². The van der Waals surface area contributed by atoms with Gasteiger partial charge in [0.25, 0.3) is 0 Å². The molecule has 0 unspecified atom stereocenters. The lowest BCUT2D eigenvalue weighted by Crippen LogP contribution is -2.32. The number of halogens is 1. The Hall–Kier alpha value is -1.31. The lowest BCUT2D eigenvalue weighted by molar-refractivity contribution is -0.127. The van der Waals surface area contributed by atoms with Gasteiger partial charge >= 0.3 is 0 Å². The SMILES string of the molecule is CN(CCOc1ccc(Cl)cc1)C(=O)CSc1nncs1. The highest BCUT2D eigenvalue weighted by Crippen LogP contribution is 2.19. The van der Waals surface area contributed by atoms with E-state index in [9.17, 15) is 4.79 Å². The first kappa shape index (κ1) is 16.1. The van der Waals surface area contributed by atoms with Crippen LogP contribution in [0.3, 0.4) is 0 Å². The largest absolute Gasteiger partial charge is 0.492 e. The zero-order valence-electron chi connectivity index (χ0n) is 11.4. The molecule has 112 valence electrons. The van der Waals surface area contributed by atoms with Crippen LogP contribution < -0.4 is 4.74 Å². The Morgan fingerprint density at radius 1 is 1.43 bits per heavy atom. The highest BCUT2D eigenvalue weighted by molar-refractivity contribution is 8.01. The number of amides is 1. The first-order valence-electron chi connectivity index (χ1n) is 6.16. The molecule has 0 aliphatic heterocycles. The lowest BCUT2D eigenvalue weighted by Gasteiger charge is -2.17. The van der Waals surface area contributed by atoms with E-state index < -0.39 is 0 Å². The Labute approximate surface area is 136 Å². The zero-order valence-corrected chi connectivity index (χ0v) is 13.7. The molecule has 1 aromatic heterocycles. The third-order valence-electron chi connectivity index (χ3n) is 2.59. The van der Waals surface area contributed by atoms with Crippen molar-refractivity contribution in [1.29, 1.82) is 0 Å². The summed E-state index contributed by atoms with van der Waals surface area (Å²) in [7, 11) is 1.76. The molecule has 1 heterocycles. The van der Waals surface area contributed by atoms with Crippen molar-refractivity contribution in [2.75, 3.05) is 26.0 Å². The number of ether oxygens (including phenoxy) is 1. The smallest absolute Gasteiger partial charge is 0.232 e. The molecule has 0 N–H and O–H groups in total. The molecule has 0 aliphatic rings. The van der Waals surface area contributed by atoms with Gasteiger partial charge in [0.1, 0.15) is 17.9 Å². The van der Waals surface area contributed by atoms with Gasteiger partial charge < -0.3 is 9.64 Å². The van der Waals surface area contributed by atoms with Crippen LogP contribution in [0.1, 0.15) is 0 Å². The Morgan fingerprint density at radius 3 is 2.86 bits per heavy atom. The molecule has 0 fully saturated rings. The Balaban J connectivity index is 1.67. The van der Waals surface area contributed by atoms with Gasteiger partial charge in [0, 0.05) is 12.1 Å². The standard InChI is InChI=1S/C13H14ClN3O2S2/c1-17(12(18)8-20-13-16-15-9-21-13)6-7-19-11-4-2-10(14)3-5-11/h2-5,9H,6-8H2,1H3. The van der Waals surface area contributed by atoms with Crippen LogP contribution in [-0.4, -0.2) is 47.0 Å². The lowest BCUT2D eigenvalue weighted by atomic mass is 10.3. The number of hydrogen-bond donors (Lipinski definition) is 0. The quantitative estimate of drug-likeness (QED) is 0.723. The molecule has 0 saturated carbocycles. The van der Waals surface area contributed by atoms with E-state index in [1.165, 1.54) is 23.1 Å². The fourth-order valence-corrected chi connectivity index (χ4v) is 2.97. The third-order valence-corrected chi connectivity index (χ3v) is 4.69. The summed E-state index contributed by atoms with van der Waals surface area (Å²) >= 11 is 8.62. The number of nitrogens with zero attached hydrogens (tertiary/aromatic N) is 3. The summed E-state index contributed by atoms with van der Waals surface area (Å²) in [5.41, 5.74) is 1.65. The van der Waals surface area contributed by atoms with Gasteiger partial charge in [-0.3, -0.25) is 4.79 Å². The number of likely N-dealkylation sites (N-methyl/N-ethyl adjacent to an activating group) is 1. The van der Waals surface area contributed by atoms with Crippen LogP contribution in [-0.2, 0) is 4.79 Å². The molecule has 0 atom stereocenters. The number of rotatable bonds is 7. The number of hydrogen-bond acceptors (Lipinski definition) is 6. The summed E-state index contributed by atoms with van der Waals surface area (Å²) in [6.45, 7) is 0.964. The van der Waals surface area contributed by atoms with Gasteiger partial charge in [0.15, 0.2) is 4.34 Å². The maximum Gasteiger partial charge on any atom is 0.232 e. The van der Waals surface area contributed by atoms with Gasteiger partial charge in [-0.2, -0.15) is 0 Å². The number of carbonyl (C=O) groups is 1. The number of thioether (sulfide) groups is 1. The maximum atomic E-state index is 11.9. The predicted molar refractivity (Wildman–Crippen MR) is 85.2 cm³/mol. The molecule has 0 bridgehead atoms. The van der Waals surface area contributed by atoms with Crippen LogP contribution in [0.2, 0.25) is 5.02 Å². The van der Waals surface area contributed by atoms with Crippen LogP contribution in [0.4, 0.5) is 0 Å². The molecule has 1 amide bonds. The van der Waals surface area contributed by atoms with Crippen molar-refractivity contribution in [2.24, 2.45) is 0 Å². The van der Waals surface area contributed by atoms with E-state index in [0.717, 1.165) is 10.1 Å². The zero-order chi connectivity index (χ0) is 15.1. The maximum absolute atomic E-state index is 11.9. The molecule has 8 heteroatoms. The third kappa shape index (κ3) is 5.53. The molecule has 5 nitrogen and oxygen atoms in total. The van der Waals surface area contributed by atoms with Crippen molar-refractivity contribution in [3.05, 3.63) is 34.8 Å². The van der Waals surface area contributed by atoms with Crippen molar-refractivity contribution in [3.8, 4) is 5.75 Å². The summed E-state index contributed by atoms with van der Waals surface area (Å²) in [6.07, 6.45) is 0. The van der Waals surface area contributed by atoms with E-state index in [4.69, 9.17) is 16.3 Å². The first-order chi connectivity index (χ1) is 10.1. The monoisotopic (exact) mass is 343 g/mol. The number of aromatic nitrogens is 2. The van der Waals surface area contributed by atoms with E-state index in [-0.39, 0.29) is 5.91 Å². The molecule has 0 spiro atoms. The molecule has 2 rings (SSSR count). The summed E-state index contributed by atoms with van der Waals surface area (Å²) in [5.74, 6) is 1.13. The minimum Gasteiger partial charge on any atom is -0.492 e. The molecular weight excluding hydrogens is 330 g/mol. The van der Waals surface area contributed by atoms with Crippen LogP contribution in [0.5, 0.6) is 5.75 Å². The average Bonchev–Trinajstić information content (AvgIpc) is 3.00. The second kappa shape index (κ2) is 8.21. The minimum atomic E-state index is 0.0370. The van der Waals surface area contributed by atoms with Crippen molar-refractivity contribution >= 4 is 40.6 Å². The van der Waals surface area contributed by atoms with E-state index in [1.807, 2.05) is 0 Å². The highest BCUT2D eigenvalue weighted by atomic mass is 35.5. The van der Waals surface area contributed by atoms with Crippen molar-refractivity contribution in [3.63, 3.8) is 0 Å². The van der Waals surface area contributed by atoms with E-state index >= 15 is 0 Å².